The lowest BCUT2D eigenvalue weighted by Gasteiger charge is -2.16. The van der Waals surface area contributed by atoms with Crippen molar-refractivity contribution in [1.29, 1.82) is 0 Å². The summed E-state index contributed by atoms with van der Waals surface area (Å²) in [6.07, 6.45) is 0. The molecule has 0 saturated carbocycles. The van der Waals surface area contributed by atoms with Crippen molar-refractivity contribution in [3.63, 3.8) is 0 Å². The predicted octanol–water partition coefficient (Wildman–Crippen LogP) is 6.39. The van der Waals surface area contributed by atoms with Gasteiger partial charge in [0.25, 0.3) is 0 Å². The van der Waals surface area contributed by atoms with Crippen LogP contribution in [0, 0.1) is 5.82 Å². The minimum absolute atomic E-state index is 0.191. The molecule has 0 saturated heterocycles. The molecule has 1 nitrogen and oxygen atoms in total. The first kappa shape index (κ1) is 16.1. The Balaban J connectivity index is 2.49. The number of halogens is 5. The zero-order valence-corrected chi connectivity index (χ0v) is 14.9. The van der Waals surface area contributed by atoms with Crippen molar-refractivity contribution in [3.8, 4) is 5.75 Å². The van der Waals surface area contributed by atoms with E-state index in [0.29, 0.717) is 20.3 Å². The molecule has 0 N–H and O–H groups in total. The molecule has 20 heavy (non-hydrogen) atoms. The third-order valence-corrected chi connectivity index (χ3v) is 5.15. The number of ether oxygens (including phenoxy) is 1. The number of hydrogen-bond donors (Lipinski definition) is 0. The maximum Gasteiger partial charge on any atom is 0.141 e. The molecule has 0 spiro atoms. The number of rotatable bonds is 3. The highest BCUT2D eigenvalue weighted by Gasteiger charge is 2.18. The van der Waals surface area contributed by atoms with Gasteiger partial charge in [-0.2, -0.15) is 0 Å². The maximum absolute atomic E-state index is 13.5. The molecule has 1 unspecified atom stereocenters. The van der Waals surface area contributed by atoms with E-state index in [9.17, 15) is 4.39 Å². The van der Waals surface area contributed by atoms with Crippen LogP contribution in [0.1, 0.15) is 16.0 Å². The number of hydrogen-bond acceptors (Lipinski definition) is 1. The summed E-state index contributed by atoms with van der Waals surface area (Å²) in [4.78, 5) is -0.191. The molecule has 0 aliphatic heterocycles. The van der Waals surface area contributed by atoms with Crippen LogP contribution in [0.15, 0.2) is 34.8 Å². The van der Waals surface area contributed by atoms with Crippen molar-refractivity contribution in [2.45, 2.75) is 4.83 Å². The lowest BCUT2D eigenvalue weighted by Crippen LogP contribution is -1.99. The molecule has 0 aromatic heterocycles. The van der Waals surface area contributed by atoms with E-state index in [1.807, 2.05) is 6.07 Å². The average Bonchev–Trinajstić information content (AvgIpc) is 2.43. The van der Waals surface area contributed by atoms with Crippen LogP contribution in [-0.2, 0) is 0 Å². The van der Waals surface area contributed by atoms with Gasteiger partial charge in [-0.05, 0) is 39.7 Å². The normalized spacial score (nSPS) is 12.3. The molecule has 1 atom stereocenters. The van der Waals surface area contributed by atoms with Gasteiger partial charge in [-0.15, -0.1) is 0 Å². The van der Waals surface area contributed by atoms with Crippen LogP contribution in [0.2, 0.25) is 10.0 Å². The van der Waals surface area contributed by atoms with Gasteiger partial charge in [0, 0.05) is 11.6 Å². The van der Waals surface area contributed by atoms with Crippen molar-refractivity contribution in [2.24, 2.45) is 0 Å². The molecule has 0 fully saturated rings. The number of benzene rings is 2. The third kappa shape index (κ3) is 3.30. The van der Waals surface area contributed by atoms with Gasteiger partial charge in [-0.3, -0.25) is 0 Å². The maximum atomic E-state index is 13.5. The largest absolute Gasteiger partial charge is 0.496 e. The Hall–Kier alpha value is -0.290. The lowest BCUT2D eigenvalue weighted by molar-refractivity contribution is 0.406. The molecule has 2 rings (SSSR count). The van der Waals surface area contributed by atoms with Crippen molar-refractivity contribution < 1.29 is 9.13 Å². The van der Waals surface area contributed by atoms with Crippen molar-refractivity contribution in [1.82, 2.24) is 0 Å². The molecular weight excluding hydrogens is 434 g/mol. The van der Waals surface area contributed by atoms with Gasteiger partial charge in [0.2, 0.25) is 0 Å². The van der Waals surface area contributed by atoms with E-state index >= 15 is 0 Å². The minimum atomic E-state index is -0.376. The first-order valence-corrected chi connectivity index (χ1v) is 8.02. The average molecular weight is 443 g/mol. The highest BCUT2D eigenvalue weighted by atomic mass is 79.9. The van der Waals surface area contributed by atoms with E-state index in [0.717, 1.165) is 11.1 Å². The van der Waals surface area contributed by atoms with Crippen LogP contribution in [0.4, 0.5) is 4.39 Å². The van der Waals surface area contributed by atoms with Gasteiger partial charge < -0.3 is 4.74 Å². The minimum Gasteiger partial charge on any atom is -0.496 e. The zero-order chi connectivity index (χ0) is 14.9. The summed E-state index contributed by atoms with van der Waals surface area (Å²) >= 11 is 18.7. The van der Waals surface area contributed by atoms with Gasteiger partial charge in [-0.1, -0.05) is 45.2 Å². The molecule has 0 aliphatic carbocycles. The molecular formula is C14H9Br2Cl2FO. The summed E-state index contributed by atoms with van der Waals surface area (Å²) < 4.78 is 19.1. The predicted molar refractivity (Wildman–Crippen MR) is 87.9 cm³/mol. The summed E-state index contributed by atoms with van der Waals surface area (Å²) in [6.45, 7) is 0. The molecule has 0 amide bonds. The van der Waals surface area contributed by atoms with Crippen LogP contribution in [0.5, 0.6) is 5.75 Å². The fourth-order valence-electron chi connectivity index (χ4n) is 1.77. The lowest BCUT2D eigenvalue weighted by atomic mass is 10.0. The number of methoxy groups -OCH3 is 1. The molecule has 2 aromatic rings. The standard InChI is InChI=1S/C14H9Br2Cl2FO/c1-20-13-6-12(19)9(15)5-8(13)14(16)7-2-3-10(17)11(18)4-7/h2-6,14H,1H3. The highest BCUT2D eigenvalue weighted by Crippen LogP contribution is 2.40. The van der Waals surface area contributed by atoms with Gasteiger partial charge in [-0.25, -0.2) is 4.39 Å². The molecule has 0 radical (unpaired) electrons. The highest BCUT2D eigenvalue weighted by molar-refractivity contribution is 9.10. The zero-order valence-electron chi connectivity index (χ0n) is 10.3. The Labute approximate surface area is 143 Å². The van der Waals surface area contributed by atoms with E-state index in [4.69, 9.17) is 27.9 Å². The molecule has 0 aliphatic rings. The molecule has 6 heteroatoms. The Morgan fingerprint density at radius 3 is 2.45 bits per heavy atom. The quantitative estimate of drug-likeness (QED) is 0.500. The van der Waals surface area contributed by atoms with E-state index in [1.165, 1.54) is 13.2 Å². The topological polar surface area (TPSA) is 9.23 Å². The van der Waals surface area contributed by atoms with Crippen molar-refractivity contribution in [3.05, 3.63) is 61.8 Å². The third-order valence-electron chi connectivity index (χ3n) is 2.78. The monoisotopic (exact) mass is 440 g/mol. The smallest absolute Gasteiger partial charge is 0.141 e. The van der Waals surface area contributed by atoms with E-state index in [-0.39, 0.29) is 10.6 Å². The molecule has 0 bridgehead atoms. The Morgan fingerprint density at radius 2 is 1.85 bits per heavy atom. The second-order valence-corrected chi connectivity index (χ2v) is 6.63. The van der Waals surface area contributed by atoms with Gasteiger partial charge in [0.15, 0.2) is 0 Å². The van der Waals surface area contributed by atoms with Crippen LogP contribution < -0.4 is 4.74 Å². The Bertz CT molecular complexity index is 649. The van der Waals surface area contributed by atoms with Crippen LogP contribution in [0.25, 0.3) is 0 Å². The SMILES string of the molecule is COc1cc(F)c(Br)cc1C(Br)c1ccc(Cl)c(Cl)c1. The first-order chi connectivity index (χ1) is 9.43. The molecule has 106 valence electrons. The summed E-state index contributed by atoms with van der Waals surface area (Å²) in [6, 6.07) is 8.35. The van der Waals surface area contributed by atoms with E-state index in [2.05, 4.69) is 31.9 Å². The Morgan fingerprint density at radius 1 is 1.15 bits per heavy atom. The van der Waals surface area contributed by atoms with Crippen LogP contribution in [-0.4, -0.2) is 7.11 Å². The Kier molecular flexibility index (Phi) is 5.35. The van der Waals surface area contributed by atoms with E-state index < -0.39 is 0 Å². The van der Waals surface area contributed by atoms with Crippen molar-refractivity contribution in [2.75, 3.05) is 7.11 Å². The second kappa shape index (κ2) is 6.65. The van der Waals surface area contributed by atoms with Crippen molar-refractivity contribution >= 4 is 55.1 Å². The summed E-state index contributed by atoms with van der Waals surface area (Å²) in [5.41, 5.74) is 1.69. The van der Waals surface area contributed by atoms with Crippen LogP contribution in [0.3, 0.4) is 0 Å². The van der Waals surface area contributed by atoms with Gasteiger partial charge in [0.1, 0.15) is 11.6 Å². The summed E-state index contributed by atoms with van der Waals surface area (Å²) in [7, 11) is 1.50. The van der Waals surface area contributed by atoms with Gasteiger partial charge >= 0.3 is 0 Å². The fourth-order valence-corrected chi connectivity index (χ4v) is 3.08. The second-order valence-electron chi connectivity index (χ2n) is 4.04. The molecule has 0 heterocycles. The first-order valence-electron chi connectivity index (χ1n) is 5.56. The summed E-state index contributed by atoms with van der Waals surface area (Å²) in [5.74, 6) is 0.0816. The van der Waals surface area contributed by atoms with Crippen LogP contribution >= 0.6 is 55.1 Å². The summed E-state index contributed by atoms with van der Waals surface area (Å²) in [5, 5.41) is 0.955. The fraction of sp³-hybridized carbons (Fsp3) is 0.143. The van der Waals surface area contributed by atoms with Gasteiger partial charge in [0.05, 0.1) is 26.5 Å². The number of alkyl halides is 1. The van der Waals surface area contributed by atoms with E-state index in [1.54, 1.807) is 18.2 Å². The molecule has 2 aromatic carbocycles.